The van der Waals surface area contributed by atoms with Gasteiger partial charge in [0.1, 0.15) is 36.0 Å². The number of amides is 2. The number of thioether (sulfide) groups is 1. The molecule has 1 aliphatic rings. The Hall–Kier alpha value is -2.05. The van der Waals surface area contributed by atoms with Gasteiger partial charge in [-0.2, -0.15) is 11.8 Å². The lowest BCUT2D eigenvalue weighted by atomic mass is 9.94. The highest BCUT2D eigenvalue weighted by Crippen LogP contribution is 2.19. The number of carbonyl (C=O) groups excluding carboxylic acids is 2. The molecular formula is C24H34F2N2O6S. The topological polar surface area (TPSA) is 119 Å². The van der Waals surface area contributed by atoms with E-state index in [4.69, 9.17) is 4.74 Å². The second kappa shape index (κ2) is 12.8. The van der Waals surface area contributed by atoms with E-state index in [1.165, 1.54) is 22.7 Å². The van der Waals surface area contributed by atoms with Crippen LogP contribution in [0.5, 0.6) is 0 Å². The molecule has 35 heavy (non-hydrogen) atoms. The maximum absolute atomic E-state index is 13.6. The van der Waals surface area contributed by atoms with Gasteiger partial charge in [0.25, 0.3) is 5.91 Å². The van der Waals surface area contributed by atoms with Crippen molar-refractivity contribution >= 4 is 23.6 Å². The van der Waals surface area contributed by atoms with Crippen LogP contribution in [0.4, 0.5) is 8.78 Å². The molecule has 5 atom stereocenters. The number of aliphatic hydroxyl groups excluding tert-OH is 3. The Balaban J connectivity index is 2.08. The molecule has 0 bridgehead atoms. The molecule has 2 amide bonds. The minimum atomic E-state index is -1.78. The third-order valence-electron chi connectivity index (χ3n) is 5.33. The zero-order valence-electron chi connectivity index (χ0n) is 20.3. The number of hydrogen-bond donors (Lipinski definition) is 4. The van der Waals surface area contributed by atoms with Crippen LogP contribution in [0.15, 0.2) is 30.4 Å². The van der Waals surface area contributed by atoms with E-state index < -0.39 is 53.9 Å². The zero-order valence-corrected chi connectivity index (χ0v) is 21.1. The average Bonchev–Trinajstić information content (AvgIpc) is 2.92. The molecule has 4 N–H and O–H groups in total. The monoisotopic (exact) mass is 516 g/mol. The Morgan fingerprint density at radius 1 is 1.23 bits per heavy atom. The average molecular weight is 517 g/mol. The fraction of sp³-hybridized carbons (Fsp3) is 0.583. The van der Waals surface area contributed by atoms with Crippen LogP contribution in [0.2, 0.25) is 0 Å². The number of hydrogen-bond acceptors (Lipinski definition) is 7. The van der Waals surface area contributed by atoms with Crippen LogP contribution in [0.3, 0.4) is 0 Å². The fourth-order valence-corrected chi connectivity index (χ4v) is 4.48. The van der Waals surface area contributed by atoms with E-state index >= 15 is 0 Å². The summed E-state index contributed by atoms with van der Waals surface area (Å²) in [6, 6.07) is 2.04. The second-order valence-corrected chi connectivity index (χ2v) is 10.7. The van der Waals surface area contributed by atoms with Crippen molar-refractivity contribution in [2.75, 3.05) is 25.2 Å². The van der Waals surface area contributed by atoms with Gasteiger partial charge in [0.2, 0.25) is 5.91 Å². The van der Waals surface area contributed by atoms with Gasteiger partial charge < -0.3 is 30.3 Å². The van der Waals surface area contributed by atoms with Crippen molar-refractivity contribution in [2.24, 2.45) is 5.41 Å². The number of carbonyl (C=O) groups is 2. The number of nitrogens with one attached hydrogen (secondary N) is 1. The second-order valence-electron chi connectivity index (χ2n) is 9.53. The highest BCUT2D eigenvalue weighted by molar-refractivity contribution is 7.99. The summed E-state index contributed by atoms with van der Waals surface area (Å²) in [6.45, 7) is 5.94. The van der Waals surface area contributed by atoms with Crippen LogP contribution in [0, 0.1) is 17.0 Å². The Bertz CT molecular complexity index is 890. The molecular weight excluding hydrogens is 482 g/mol. The maximum Gasteiger partial charge on any atom is 0.252 e. The van der Waals surface area contributed by atoms with E-state index in [2.05, 4.69) is 5.32 Å². The smallest absolute Gasteiger partial charge is 0.252 e. The van der Waals surface area contributed by atoms with Gasteiger partial charge in [0, 0.05) is 37.8 Å². The van der Waals surface area contributed by atoms with Gasteiger partial charge >= 0.3 is 0 Å². The van der Waals surface area contributed by atoms with Crippen LogP contribution in [0.25, 0.3) is 0 Å². The van der Waals surface area contributed by atoms with Gasteiger partial charge in [0.05, 0.1) is 0 Å². The van der Waals surface area contributed by atoms with Crippen molar-refractivity contribution in [1.82, 2.24) is 10.2 Å². The molecule has 1 aliphatic heterocycles. The molecule has 2 rings (SSSR count). The number of ether oxygens (including phenoxy) is 1. The predicted molar refractivity (Wildman–Crippen MR) is 128 cm³/mol. The van der Waals surface area contributed by atoms with Gasteiger partial charge in [-0.15, -0.1) is 0 Å². The van der Waals surface area contributed by atoms with E-state index in [1.54, 1.807) is 6.08 Å². The van der Waals surface area contributed by atoms with Crippen molar-refractivity contribution < 1.29 is 38.4 Å². The molecule has 1 fully saturated rings. The van der Waals surface area contributed by atoms with Gasteiger partial charge in [-0.3, -0.25) is 9.59 Å². The molecule has 1 saturated heterocycles. The number of allylic oxidation sites excluding steroid dienone is 1. The van der Waals surface area contributed by atoms with Crippen molar-refractivity contribution in [3.63, 3.8) is 0 Å². The summed E-state index contributed by atoms with van der Waals surface area (Å²) in [5.41, 5.74) is 0.00289. The maximum atomic E-state index is 13.6. The van der Waals surface area contributed by atoms with Crippen LogP contribution in [0.1, 0.15) is 26.3 Å². The van der Waals surface area contributed by atoms with Gasteiger partial charge in [-0.25, -0.2) is 8.78 Å². The molecule has 0 radical (unpaired) electrons. The highest BCUT2D eigenvalue weighted by atomic mass is 32.2. The molecule has 1 heterocycles. The summed E-state index contributed by atoms with van der Waals surface area (Å²) in [7, 11) is 1.16. The fourth-order valence-electron chi connectivity index (χ4n) is 3.50. The lowest BCUT2D eigenvalue weighted by Gasteiger charge is -2.29. The number of halogens is 2. The lowest BCUT2D eigenvalue weighted by Crippen LogP contribution is -2.56. The Morgan fingerprint density at radius 3 is 2.43 bits per heavy atom. The zero-order chi connectivity index (χ0) is 26.3. The van der Waals surface area contributed by atoms with Crippen LogP contribution < -0.4 is 5.32 Å². The van der Waals surface area contributed by atoms with E-state index in [-0.39, 0.29) is 23.3 Å². The van der Waals surface area contributed by atoms with Crippen molar-refractivity contribution in [3.8, 4) is 0 Å². The normalized spacial score (nSPS) is 20.9. The number of methoxy groups -OCH3 is 1. The van der Waals surface area contributed by atoms with Gasteiger partial charge in [-0.1, -0.05) is 32.9 Å². The number of rotatable bonds is 9. The molecule has 0 spiro atoms. The highest BCUT2D eigenvalue weighted by Gasteiger charge is 2.38. The van der Waals surface area contributed by atoms with Crippen LogP contribution in [-0.4, -0.2) is 87.7 Å². The molecule has 1 aromatic rings. The molecule has 1 aromatic carbocycles. The minimum absolute atomic E-state index is 0.0399. The molecule has 196 valence electrons. The predicted octanol–water partition coefficient (Wildman–Crippen LogP) is 1.22. The SMILES string of the molecule is CO[C@@H](C(=O)NC1CSCCN(Cc2cc(F)cc(F)c2)C1=O)[C@H](O)[C@@H](O)[C@H](O)C=CC(C)(C)C. The first-order valence-corrected chi connectivity index (χ1v) is 12.4. The molecule has 11 heteroatoms. The number of benzene rings is 1. The third-order valence-corrected chi connectivity index (χ3v) is 6.37. The van der Waals surface area contributed by atoms with Crippen molar-refractivity contribution in [2.45, 2.75) is 57.8 Å². The Kier molecular flexibility index (Phi) is 10.6. The summed E-state index contributed by atoms with van der Waals surface area (Å²) < 4.78 is 32.2. The first kappa shape index (κ1) is 29.2. The molecule has 0 aromatic heterocycles. The third kappa shape index (κ3) is 8.84. The van der Waals surface area contributed by atoms with E-state index in [0.29, 0.717) is 12.3 Å². The number of nitrogens with zero attached hydrogens (tertiary/aromatic N) is 1. The minimum Gasteiger partial charge on any atom is -0.387 e. The summed E-state index contributed by atoms with van der Waals surface area (Å²) in [6.07, 6.45) is -3.52. The molecule has 1 unspecified atom stereocenters. The quantitative estimate of drug-likeness (QED) is 0.365. The van der Waals surface area contributed by atoms with Gasteiger partial charge in [-0.05, 0) is 23.1 Å². The molecule has 0 saturated carbocycles. The summed E-state index contributed by atoms with van der Waals surface area (Å²) >= 11 is 1.41. The first-order valence-electron chi connectivity index (χ1n) is 11.2. The van der Waals surface area contributed by atoms with Gasteiger partial charge in [0.15, 0.2) is 6.10 Å². The standard InChI is InChI=1S/C24H34F2N2O6S/c1-24(2,3)6-5-18(29)19(30)20(31)21(34-4)22(32)27-17-13-35-8-7-28(23(17)33)12-14-9-15(25)11-16(26)10-14/h5-6,9-11,17-21,29-31H,7-8,12-13H2,1-4H3,(H,27,32)/t17?,18-,19+,20-,21-/m1/s1. The lowest BCUT2D eigenvalue weighted by molar-refractivity contribution is -0.151. The van der Waals surface area contributed by atoms with E-state index in [9.17, 15) is 33.7 Å². The Labute approximate surface area is 208 Å². The molecule has 8 nitrogen and oxygen atoms in total. The largest absolute Gasteiger partial charge is 0.387 e. The first-order chi connectivity index (χ1) is 16.3. The van der Waals surface area contributed by atoms with Crippen molar-refractivity contribution in [1.29, 1.82) is 0 Å². The molecule has 0 aliphatic carbocycles. The Morgan fingerprint density at radius 2 is 1.86 bits per heavy atom. The summed E-state index contributed by atoms with van der Waals surface area (Å²) in [4.78, 5) is 27.3. The summed E-state index contributed by atoms with van der Waals surface area (Å²) in [5, 5.41) is 33.6. The summed E-state index contributed by atoms with van der Waals surface area (Å²) in [5.74, 6) is -2.01. The van der Waals surface area contributed by atoms with E-state index in [0.717, 1.165) is 25.3 Å². The van der Waals surface area contributed by atoms with Crippen molar-refractivity contribution in [3.05, 3.63) is 47.5 Å². The van der Waals surface area contributed by atoms with Crippen LogP contribution >= 0.6 is 11.8 Å². The van der Waals surface area contributed by atoms with E-state index in [1.807, 2.05) is 20.8 Å². The number of aliphatic hydroxyl groups is 3. The van der Waals surface area contributed by atoms with Crippen LogP contribution in [-0.2, 0) is 20.9 Å².